The molecule has 33 heavy (non-hydrogen) atoms. The summed E-state index contributed by atoms with van der Waals surface area (Å²) in [5.74, 6) is -0.830. The highest BCUT2D eigenvalue weighted by Gasteiger charge is 2.30. The van der Waals surface area contributed by atoms with E-state index in [4.69, 9.17) is 23.2 Å². The van der Waals surface area contributed by atoms with Crippen LogP contribution < -0.4 is 9.62 Å². The SMILES string of the molecule is CCCNC(=O)[C@@H](C)N(Cc1ccc(C)cc1)C(=O)CN(c1ccc(Cl)c(Cl)c1)S(C)(=O)=O. The minimum Gasteiger partial charge on any atom is -0.354 e. The molecule has 0 heterocycles. The van der Waals surface area contributed by atoms with E-state index < -0.39 is 28.5 Å². The molecule has 2 rings (SSSR count). The zero-order chi connectivity index (χ0) is 24.8. The first-order chi connectivity index (χ1) is 15.4. The molecule has 1 atom stereocenters. The van der Waals surface area contributed by atoms with E-state index in [0.717, 1.165) is 28.1 Å². The molecule has 0 saturated carbocycles. The summed E-state index contributed by atoms with van der Waals surface area (Å²) >= 11 is 12.0. The topological polar surface area (TPSA) is 86.8 Å². The molecule has 7 nitrogen and oxygen atoms in total. The van der Waals surface area contributed by atoms with Crippen LogP contribution in [0.3, 0.4) is 0 Å². The summed E-state index contributed by atoms with van der Waals surface area (Å²) in [6.07, 6.45) is 1.76. The number of hydrogen-bond donors (Lipinski definition) is 1. The number of carbonyl (C=O) groups excluding carboxylic acids is 2. The van der Waals surface area contributed by atoms with Gasteiger partial charge in [0.15, 0.2) is 0 Å². The molecule has 10 heteroatoms. The number of aryl methyl sites for hydroxylation is 1. The van der Waals surface area contributed by atoms with Crippen molar-refractivity contribution in [2.75, 3.05) is 23.7 Å². The lowest BCUT2D eigenvalue weighted by Crippen LogP contribution is -2.51. The van der Waals surface area contributed by atoms with Crippen LogP contribution in [-0.4, -0.2) is 50.5 Å². The zero-order valence-electron chi connectivity index (χ0n) is 19.1. The van der Waals surface area contributed by atoms with Crippen molar-refractivity contribution in [3.63, 3.8) is 0 Å². The first-order valence-corrected chi connectivity index (χ1v) is 13.1. The minimum atomic E-state index is -3.83. The molecule has 1 N–H and O–H groups in total. The lowest BCUT2D eigenvalue weighted by Gasteiger charge is -2.31. The van der Waals surface area contributed by atoms with Gasteiger partial charge in [-0.1, -0.05) is 60.0 Å². The summed E-state index contributed by atoms with van der Waals surface area (Å²) in [6, 6.07) is 11.1. The van der Waals surface area contributed by atoms with E-state index in [0.29, 0.717) is 6.54 Å². The van der Waals surface area contributed by atoms with E-state index in [-0.39, 0.29) is 28.2 Å². The van der Waals surface area contributed by atoms with Gasteiger partial charge in [-0.15, -0.1) is 0 Å². The number of carbonyl (C=O) groups is 2. The number of sulfonamides is 1. The van der Waals surface area contributed by atoms with Gasteiger partial charge >= 0.3 is 0 Å². The maximum absolute atomic E-state index is 13.4. The third-order valence-corrected chi connectivity index (χ3v) is 6.94. The lowest BCUT2D eigenvalue weighted by molar-refractivity contribution is -0.139. The number of nitrogens with zero attached hydrogens (tertiary/aromatic N) is 2. The Balaban J connectivity index is 2.38. The highest BCUT2D eigenvalue weighted by Crippen LogP contribution is 2.28. The van der Waals surface area contributed by atoms with Crippen LogP contribution >= 0.6 is 23.2 Å². The zero-order valence-corrected chi connectivity index (χ0v) is 21.5. The number of halogens is 2. The maximum atomic E-state index is 13.4. The lowest BCUT2D eigenvalue weighted by atomic mass is 10.1. The third kappa shape index (κ3) is 7.62. The number of nitrogens with one attached hydrogen (secondary N) is 1. The van der Waals surface area contributed by atoms with E-state index in [2.05, 4.69) is 5.32 Å². The highest BCUT2D eigenvalue weighted by molar-refractivity contribution is 7.92. The van der Waals surface area contributed by atoms with Crippen LogP contribution in [0.25, 0.3) is 0 Å². The second-order valence-corrected chi connectivity index (χ2v) is 10.6. The Morgan fingerprint density at radius 3 is 2.24 bits per heavy atom. The molecule has 0 aromatic heterocycles. The molecule has 0 aliphatic rings. The number of rotatable bonds is 10. The van der Waals surface area contributed by atoms with Gasteiger partial charge in [0.1, 0.15) is 12.6 Å². The van der Waals surface area contributed by atoms with Crippen molar-refractivity contribution in [1.29, 1.82) is 0 Å². The van der Waals surface area contributed by atoms with Crippen molar-refractivity contribution >= 4 is 50.7 Å². The van der Waals surface area contributed by atoms with E-state index in [9.17, 15) is 18.0 Å². The van der Waals surface area contributed by atoms with Crippen molar-refractivity contribution in [2.24, 2.45) is 0 Å². The van der Waals surface area contributed by atoms with Gasteiger partial charge in [0.2, 0.25) is 21.8 Å². The van der Waals surface area contributed by atoms with Crippen LogP contribution in [0.15, 0.2) is 42.5 Å². The summed E-state index contributed by atoms with van der Waals surface area (Å²) in [7, 11) is -3.83. The summed E-state index contributed by atoms with van der Waals surface area (Å²) < 4.78 is 26.0. The van der Waals surface area contributed by atoms with Crippen LogP contribution in [-0.2, 0) is 26.2 Å². The first kappa shape index (κ1) is 27.0. The van der Waals surface area contributed by atoms with Crippen LogP contribution in [0.2, 0.25) is 10.0 Å². The van der Waals surface area contributed by atoms with Gasteiger partial charge in [-0.25, -0.2) is 8.42 Å². The van der Waals surface area contributed by atoms with Crippen LogP contribution in [0.4, 0.5) is 5.69 Å². The first-order valence-electron chi connectivity index (χ1n) is 10.5. The fourth-order valence-electron chi connectivity index (χ4n) is 3.12. The van der Waals surface area contributed by atoms with Gasteiger partial charge in [0.05, 0.1) is 22.0 Å². The molecule has 0 spiro atoms. The van der Waals surface area contributed by atoms with Gasteiger partial charge in [-0.2, -0.15) is 0 Å². The number of benzene rings is 2. The molecule has 2 aromatic rings. The predicted molar refractivity (Wildman–Crippen MR) is 133 cm³/mol. The Morgan fingerprint density at radius 2 is 1.70 bits per heavy atom. The largest absolute Gasteiger partial charge is 0.354 e. The molecule has 0 bridgehead atoms. The molecule has 180 valence electrons. The average molecular weight is 514 g/mol. The van der Waals surface area contributed by atoms with Crippen molar-refractivity contribution < 1.29 is 18.0 Å². The van der Waals surface area contributed by atoms with Crippen molar-refractivity contribution in [3.8, 4) is 0 Å². The van der Waals surface area contributed by atoms with E-state index in [1.807, 2.05) is 38.1 Å². The Morgan fingerprint density at radius 1 is 1.06 bits per heavy atom. The number of hydrogen-bond acceptors (Lipinski definition) is 4. The van der Waals surface area contributed by atoms with E-state index in [1.165, 1.54) is 23.1 Å². The van der Waals surface area contributed by atoms with Crippen LogP contribution in [0.5, 0.6) is 0 Å². The molecule has 2 amide bonds. The van der Waals surface area contributed by atoms with Gasteiger partial charge in [0.25, 0.3) is 0 Å². The molecule has 0 aliphatic heterocycles. The fraction of sp³-hybridized carbons (Fsp3) is 0.391. The smallest absolute Gasteiger partial charge is 0.244 e. The fourth-order valence-corrected chi connectivity index (χ4v) is 4.26. The standard InChI is InChI=1S/C23H29Cl2N3O4S/c1-5-12-26-23(30)17(3)27(14-18-8-6-16(2)7-9-18)22(29)15-28(33(4,31)32)19-10-11-20(24)21(25)13-19/h6-11,13,17H,5,12,14-15H2,1-4H3,(H,26,30)/t17-/m1/s1. The summed E-state index contributed by atoms with van der Waals surface area (Å²) in [5, 5.41) is 3.23. The summed E-state index contributed by atoms with van der Waals surface area (Å²) in [6.45, 7) is 5.65. The molecule has 0 saturated heterocycles. The molecular weight excluding hydrogens is 485 g/mol. The number of amides is 2. The molecule has 0 radical (unpaired) electrons. The molecule has 0 aliphatic carbocycles. The normalized spacial score (nSPS) is 12.2. The van der Waals surface area contributed by atoms with Gasteiger partial charge in [-0.05, 0) is 44.0 Å². The van der Waals surface area contributed by atoms with Crippen molar-refractivity contribution in [1.82, 2.24) is 10.2 Å². The molecular formula is C23H29Cl2N3O4S. The van der Waals surface area contributed by atoms with Crippen molar-refractivity contribution in [3.05, 3.63) is 63.6 Å². The Labute approximate surface area is 205 Å². The average Bonchev–Trinajstić information content (AvgIpc) is 2.76. The quantitative estimate of drug-likeness (QED) is 0.519. The van der Waals surface area contributed by atoms with Gasteiger partial charge < -0.3 is 10.2 Å². The van der Waals surface area contributed by atoms with E-state index in [1.54, 1.807) is 6.92 Å². The third-order valence-electron chi connectivity index (χ3n) is 5.06. The van der Waals surface area contributed by atoms with Crippen LogP contribution in [0, 0.1) is 6.92 Å². The van der Waals surface area contributed by atoms with E-state index >= 15 is 0 Å². The van der Waals surface area contributed by atoms with Crippen molar-refractivity contribution in [2.45, 2.75) is 39.8 Å². The monoisotopic (exact) mass is 513 g/mol. The Hall–Kier alpha value is -2.29. The molecule has 0 unspecified atom stereocenters. The highest BCUT2D eigenvalue weighted by atomic mass is 35.5. The second-order valence-electron chi connectivity index (χ2n) is 7.84. The summed E-state index contributed by atoms with van der Waals surface area (Å²) in [5.41, 5.74) is 2.09. The summed E-state index contributed by atoms with van der Waals surface area (Å²) in [4.78, 5) is 27.4. The second kappa shape index (κ2) is 11.7. The maximum Gasteiger partial charge on any atom is 0.244 e. The predicted octanol–water partition coefficient (Wildman–Crippen LogP) is 4.01. The van der Waals surface area contributed by atoms with Gasteiger partial charge in [-0.3, -0.25) is 13.9 Å². The molecule has 2 aromatic carbocycles. The van der Waals surface area contributed by atoms with Gasteiger partial charge in [0, 0.05) is 13.1 Å². The Kier molecular flexibility index (Phi) is 9.57. The molecule has 0 fully saturated rings. The number of anilines is 1. The minimum absolute atomic E-state index is 0.152. The van der Waals surface area contributed by atoms with Crippen LogP contribution in [0.1, 0.15) is 31.4 Å². The Bertz CT molecular complexity index is 1090.